The fourth-order valence-electron chi connectivity index (χ4n) is 2.34. The van der Waals surface area contributed by atoms with Crippen LogP contribution >= 0.6 is 23.3 Å². The topological polar surface area (TPSA) is 33.6 Å². The molecule has 1 aromatic carbocycles. The summed E-state index contributed by atoms with van der Waals surface area (Å²) in [5.74, 6) is 0.930. The van der Waals surface area contributed by atoms with Crippen LogP contribution in [0.15, 0.2) is 41.8 Å². The van der Waals surface area contributed by atoms with Gasteiger partial charge in [-0.1, -0.05) is 12.1 Å². The number of thiophene rings is 1. The highest BCUT2D eigenvalue weighted by Gasteiger charge is 2.14. The molecule has 0 atom stereocenters. The maximum atomic E-state index is 4.68. The monoisotopic (exact) mass is 285 g/mol. The molecule has 0 aliphatic heterocycles. The third-order valence-electron chi connectivity index (χ3n) is 3.19. The molecule has 0 aliphatic rings. The number of hydrogen-bond acceptors (Lipinski definition) is 3. The summed E-state index contributed by atoms with van der Waals surface area (Å²) >= 11 is 3.47. The van der Waals surface area contributed by atoms with Crippen LogP contribution in [-0.2, 0) is 0 Å². The summed E-state index contributed by atoms with van der Waals surface area (Å²) in [6, 6.07) is 12.5. The van der Waals surface area contributed by atoms with E-state index in [0.717, 1.165) is 22.6 Å². The predicted octanol–water partition coefficient (Wildman–Crippen LogP) is 4.37. The number of rotatable bonds is 2. The summed E-state index contributed by atoms with van der Waals surface area (Å²) in [6.07, 6.45) is 2.09. The van der Waals surface area contributed by atoms with E-state index < -0.39 is 0 Å². The highest BCUT2D eigenvalue weighted by Crippen LogP contribution is 2.33. The van der Waals surface area contributed by atoms with Gasteiger partial charge in [0.1, 0.15) is 0 Å². The molecule has 0 saturated carbocycles. The zero-order valence-corrected chi connectivity index (χ0v) is 11.9. The summed E-state index contributed by atoms with van der Waals surface area (Å²) < 4.78 is 3.52. The molecular weight excluding hydrogens is 274 g/mol. The SMILES string of the molecule is CSn1c(-c2nc3ccccc3[nH]2)cc2sccc21. The first kappa shape index (κ1) is 11.1. The first-order valence-electron chi connectivity index (χ1n) is 5.95. The minimum absolute atomic E-state index is 0.930. The Morgan fingerprint density at radius 2 is 2.16 bits per heavy atom. The number of nitrogens with one attached hydrogen (secondary N) is 1. The van der Waals surface area contributed by atoms with Crippen molar-refractivity contribution in [3.05, 3.63) is 41.8 Å². The van der Waals surface area contributed by atoms with Gasteiger partial charge in [0.25, 0.3) is 0 Å². The molecule has 0 aliphatic carbocycles. The minimum Gasteiger partial charge on any atom is -0.337 e. The van der Waals surface area contributed by atoms with Gasteiger partial charge >= 0.3 is 0 Å². The van der Waals surface area contributed by atoms with Crippen LogP contribution < -0.4 is 0 Å². The smallest absolute Gasteiger partial charge is 0.156 e. The second-order valence-corrected chi connectivity index (χ2v) is 5.96. The van der Waals surface area contributed by atoms with E-state index in [9.17, 15) is 0 Å². The van der Waals surface area contributed by atoms with Gasteiger partial charge in [-0.15, -0.1) is 11.3 Å². The number of imidazole rings is 1. The van der Waals surface area contributed by atoms with Crippen LogP contribution in [-0.4, -0.2) is 20.2 Å². The molecule has 0 saturated heterocycles. The maximum Gasteiger partial charge on any atom is 0.156 e. The Hall–Kier alpha value is -1.72. The molecule has 3 nitrogen and oxygen atoms in total. The average Bonchev–Trinajstić information content (AvgIpc) is 3.10. The van der Waals surface area contributed by atoms with Crippen molar-refractivity contribution < 1.29 is 0 Å². The molecule has 0 radical (unpaired) electrons. The Labute approximate surface area is 118 Å². The number of benzene rings is 1. The van der Waals surface area contributed by atoms with E-state index in [0.29, 0.717) is 0 Å². The molecular formula is C14H11N3S2. The van der Waals surface area contributed by atoms with Crippen LogP contribution in [0.3, 0.4) is 0 Å². The first-order chi connectivity index (χ1) is 9.36. The van der Waals surface area contributed by atoms with Crippen LogP contribution in [0.25, 0.3) is 32.8 Å². The maximum absolute atomic E-state index is 4.68. The molecule has 3 aromatic heterocycles. The molecule has 0 fully saturated rings. The van der Waals surface area contributed by atoms with Crippen LogP contribution in [0.5, 0.6) is 0 Å². The molecule has 1 N–H and O–H groups in total. The van der Waals surface area contributed by atoms with E-state index in [1.165, 1.54) is 10.2 Å². The van der Waals surface area contributed by atoms with Crippen molar-refractivity contribution in [1.29, 1.82) is 0 Å². The van der Waals surface area contributed by atoms with E-state index in [1.807, 2.05) is 18.2 Å². The number of nitrogens with zero attached hydrogens (tertiary/aromatic N) is 2. The Kier molecular flexibility index (Phi) is 2.43. The van der Waals surface area contributed by atoms with E-state index in [4.69, 9.17) is 0 Å². The van der Waals surface area contributed by atoms with Gasteiger partial charge < -0.3 is 4.98 Å². The Morgan fingerprint density at radius 3 is 3.00 bits per heavy atom. The fraction of sp³-hybridized carbons (Fsp3) is 0.0714. The number of aromatic nitrogens is 3. The summed E-state index contributed by atoms with van der Waals surface area (Å²) in [5.41, 5.74) is 4.47. The van der Waals surface area contributed by atoms with Crippen LogP contribution in [0.1, 0.15) is 0 Å². The van der Waals surface area contributed by atoms with Gasteiger partial charge in [0.15, 0.2) is 5.82 Å². The van der Waals surface area contributed by atoms with Crippen molar-refractivity contribution in [3.8, 4) is 11.5 Å². The van der Waals surface area contributed by atoms with Gasteiger partial charge in [-0.25, -0.2) is 4.98 Å². The molecule has 0 spiro atoms. The number of para-hydroxylation sites is 2. The van der Waals surface area contributed by atoms with Crippen molar-refractivity contribution >= 4 is 44.5 Å². The van der Waals surface area contributed by atoms with Gasteiger partial charge in [-0.2, -0.15) is 0 Å². The summed E-state index contributed by atoms with van der Waals surface area (Å²) in [5, 5.41) is 2.12. The third-order valence-corrected chi connectivity index (χ3v) is 4.80. The number of aromatic amines is 1. The van der Waals surface area contributed by atoms with Gasteiger partial charge in [0, 0.05) is 6.26 Å². The predicted molar refractivity (Wildman–Crippen MR) is 83.8 cm³/mol. The van der Waals surface area contributed by atoms with Crippen LogP contribution in [0.2, 0.25) is 0 Å². The van der Waals surface area contributed by atoms with E-state index in [-0.39, 0.29) is 0 Å². The lowest BCUT2D eigenvalue weighted by Gasteiger charge is -2.02. The van der Waals surface area contributed by atoms with E-state index >= 15 is 0 Å². The Balaban J connectivity index is 2.00. The number of hydrogen-bond donors (Lipinski definition) is 1. The molecule has 0 bridgehead atoms. The summed E-state index contributed by atoms with van der Waals surface area (Å²) in [6.45, 7) is 0. The Bertz CT molecular complexity index is 836. The highest BCUT2D eigenvalue weighted by molar-refractivity contribution is 7.97. The normalized spacial score (nSPS) is 11.6. The van der Waals surface area contributed by atoms with E-state index in [2.05, 4.69) is 43.8 Å². The van der Waals surface area contributed by atoms with Gasteiger partial charge in [0.05, 0.1) is 26.9 Å². The standard InChI is InChI=1S/C14H11N3S2/c1-18-17-11-6-7-19-13(11)8-12(17)14-15-9-4-2-3-5-10(9)16-14/h2-8H,1H3,(H,15,16). The van der Waals surface area contributed by atoms with Gasteiger partial charge in [-0.3, -0.25) is 3.97 Å². The summed E-state index contributed by atoms with van der Waals surface area (Å²) in [4.78, 5) is 8.08. The molecule has 19 heavy (non-hydrogen) atoms. The molecule has 4 rings (SSSR count). The fourth-order valence-corrected chi connectivity index (χ4v) is 3.89. The molecule has 94 valence electrons. The number of H-pyrrole nitrogens is 1. The van der Waals surface area contributed by atoms with Crippen molar-refractivity contribution in [3.63, 3.8) is 0 Å². The van der Waals surface area contributed by atoms with Crippen molar-refractivity contribution in [2.75, 3.05) is 6.26 Å². The zero-order chi connectivity index (χ0) is 12.8. The minimum atomic E-state index is 0.930. The summed E-state index contributed by atoms with van der Waals surface area (Å²) in [7, 11) is 0. The molecule has 3 heterocycles. The second kappa shape index (κ2) is 4.15. The van der Waals surface area contributed by atoms with Crippen molar-refractivity contribution in [1.82, 2.24) is 13.9 Å². The molecule has 4 aromatic rings. The third kappa shape index (κ3) is 1.62. The quantitative estimate of drug-likeness (QED) is 0.593. The lowest BCUT2D eigenvalue weighted by Crippen LogP contribution is -1.89. The van der Waals surface area contributed by atoms with Gasteiger partial charge in [-0.05, 0) is 41.6 Å². The lowest BCUT2D eigenvalue weighted by molar-refractivity contribution is 1.25. The lowest BCUT2D eigenvalue weighted by atomic mass is 10.3. The zero-order valence-electron chi connectivity index (χ0n) is 10.3. The highest BCUT2D eigenvalue weighted by atomic mass is 32.2. The van der Waals surface area contributed by atoms with Crippen molar-refractivity contribution in [2.45, 2.75) is 0 Å². The average molecular weight is 285 g/mol. The van der Waals surface area contributed by atoms with Gasteiger partial charge in [0.2, 0.25) is 0 Å². The molecule has 0 amide bonds. The van der Waals surface area contributed by atoms with E-state index in [1.54, 1.807) is 23.3 Å². The van der Waals surface area contributed by atoms with Crippen LogP contribution in [0, 0.1) is 0 Å². The second-order valence-electron chi connectivity index (χ2n) is 4.28. The molecule has 5 heteroatoms. The largest absolute Gasteiger partial charge is 0.337 e. The van der Waals surface area contributed by atoms with Crippen molar-refractivity contribution in [2.24, 2.45) is 0 Å². The molecule has 0 unspecified atom stereocenters. The number of fused-ring (bicyclic) bond motifs is 2. The Morgan fingerprint density at radius 1 is 1.26 bits per heavy atom. The first-order valence-corrected chi connectivity index (χ1v) is 8.01. The van der Waals surface area contributed by atoms with Crippen LogP contribution in [0.4, 0.5) is 0 Å².